The van der Waals surface area contributed by atoms with Crippen LogP contribution in [0.1, 0.15) is 12.0 Å². The quantitative estimate of drug-likeness (QED) is 0.876. The first-order chi connectivity index (χ1) is 8.29. The molecule has 94 valence electrons. The molecular weight excluding hydrogens is 238 g/mol. The highest BCUT2D eigenvalue weighted by molar-refractivity contribution is 6.32. The van der Waals surface area contributed by atoms with Crippen molar-refractivity contribution in [3.8, 4) is 5.75 Å². The fraction of sp³-hybridized carbons (Fsp3) is 0.538. The predicted molar refractivity (Wildman–Crippen MR) is 68.9 cm³/mol. The lowest BCUT2D eigenvalue weighted by Gasteiger charge is -2.13. The summed E-state index contributed by atoms with van der Waals surface area (Å²) in [6, 6.07) is 5.99. The number of ether oxygens (including phenoxy) is 2. The summed E-state index contributed by atoms with van der Waals surface area (Å²) in [6.45, 7) is 2.40. The van der Waals surface area contributed by atoms with Crippen LogP contribution in [0.25, 0.3) is 0 Å². The second kappa shape index (κ2) is 6.24. The average molecular weight is 256 g/mol. The minimum atomic E-state index is 0.149. The van der Waals surface area contributed by atoms with Gasteiger partial charge in [0.15, 0.2) is 0 Å². The van der Waals surface area contributed by atoms with Crippen LogP contribution in [-0.2, 0) is 11.2 Å². The van der Waals surface area contributed by atoms with Crippen molar-refractivity contribution in [1.82, 2.24) is 5.32 Å². The van der Waals surface area contributed by atoms with Crippen LogP contribution in [0, 0.1) is 0 Å². The van der Waals surface area contributed by atoms with Crippen molar-refractivity contribution in [3.63, 3.8) is 0 Å². The first-order valence-electron chi connectivity index (χ1n) is 5.97. The molecule has 1 aromatic rings. The van der Waals surface area contributed by atoms with Gasteiger partial charge in [-0.3, -0.25) is 0 Å². The van der Waals surface area contributed by atoms with E-state index < -0.39 is 0 Å². The van der Waals surface area contributed by atoms with Gasteiger partial charge in [0.1, 0.15) is 11.9 Å². The molecule has 4 heteroatoms. The van der Waals surface area contributed by atoms with Crippen molar-refractivity contribution in [2.45, 2.75) is 18.9 Å². The van der Waals surface area contributed by atoms with Crippen molar-refractivity contribution in [3.05, 3.63) is 28.8 Å². The minimum absolute atomic E-state index is 0.149. The first kappa shape index (κ1) is 12.7. The summed E-state index contributed by atoms with van der Waals surface area (Å²) in [5.74, 6) is 0.760. The molecule has 1 heterocycles. The van der Waals surface area contributed by atoms with E-state index in [1.165, 1.54) is 5.56 Å². The summed E-state index contributed by atoms with van der Waals surface area (Å²) in [5, 5.41) is 3.80. The Labute approximate surface area is 107 Å². The van der Waals surface area contributed by atoms with Gasteiger partial charge >= 0.3 is 0 Å². The van der Waals surface area contributed by atoms with Gasteiger partial charge in [0.05, 0.1) is 18.2 Å². The molecule has 0 aromatic heterocycles. The summed E-state index contributed by atoms with van der Waals surface area (Å²) in [4.78, 5) is 0. The Hall–Kier alpha value is -0.770. The Balaban J connectivity index is 1.98. The third-order valence-electron chi connectivity index (χ3n) is 2.84. The highest BCUT2D eigenvalue weighted by Gasteiger charge is 2.18. The summed E-state index contributed by atoms with van der Waals surface area (Å²) in [6.07, 6.45) is 2.07. The van der Waals surface area contributed by atoms with Crippen LogP contribution < -0.4 is 10.1 Å². The standard InChI is InChI=1S/C13H18ClNO2/c1-15-6-4-10-2-3-13(12(14)8-10)17-11-5-7-16-9-11/h2-3,8,11,15H,4-7,9H2,1H3. The number of likely N-dealkylation sites (N-methyl/N-ethyl adjacent to an activating group) is 1. The number of halogens is 1. The van der Waals surface area contributed by atoms with E-state index in [4.69, 9.17) is 21.1 Å². The average Bonchev–Trinajstić information content (AvgIpc) is 2.82. The smallest absolute Gasteiger partial charge is 0.138 e. The maximum atomic E-state index is 6.20. The molecule has 17 heavy (non-hydrogen) atoms. The summed E-state index contributed by atoms with van der Waals surface area (Å²) < 4.78 is 11.1. The Kier molecular flexibility index (Phi) is 4.66. The molecule has 1 aliphatic heterocycles. The number of rotatable bonds is 5. The SMILES string of the molecule is CNCCc1ccc(OC2CCOC2)c(Cl)c1. The van der Waals surface area contributed by atoms with Crippen LogP contribution >= 0.6 is 11.6 Å². The molecule has 1 N–H and O–H groups in total. The van der Waals surface area contributed by atoms with Gasteiger partial charge < -0.3 is 14.8 Å². The van der Waals surface area contributed by atoms with Crippen LogP contribution in [0.2, 0.25) is 5.02 Å². The summed E-state index contributed by atoms with van der Waals surface area (Å²) in [5.41, 5.74) is 1.22. The Bertz CT molecular complexity index is 364. The fourth-order valence-electron chi connectivity index (χ4n) is 1.85. The zero-order valence-electron chi connectivity index (χ0n) is 10.0. The lowest BCUT2D eigenvalue weighted by molar-refractivity contribution is 0.141. The lowest BCUT2D eigenvalue weighted by atomic mass is 10.1. The highest BCUT2D eigenvalue weighted by Crippen LogP contribution is 2.27. The predicted octanol–water partition coefficient (Wildman–Crippen LogP) is 2.27. The van der Waals surface area contributed by atoms with Gasteiger partial charge in [-0.1, -0.05) is 17.7 Å². The molecule has 1 aliphatic rings. The van der Waals surface area contributed by atoms with E-state index in [1.807, 2.05) is 19.2 Å². The van der Waals surface area contributed by atoms with Gasteiger partial charge in [-0.2, -0.15) is 0 Å². The van der Waals surface area contributed by atoms with Crippen LogP contribution in [0.5, 0.6) is 5.75 Å². The Morgan fingerprint density at radius 2 is 2.41 bits per heavy atom. The van der Waals surface area contributed by atoms with Gasteiger partial charge in [0, 0.05) is 6.42 Å². The second-order valence-corrected chi connectivity index (χ2v) is 4.63. The van der Waals surface area contributed by atoms with Gasteiger partial charge in [-0.15, -0.1) is 0 Å². The lowest BCUT2D eigenvalue weighted by Crippen LogP contribution is -2.16. The van der Waals surface area contributed by atoms with E-state index in [0.29, 0.717) is 11.6 Å². The van der Waals surface area contributed by atoms with Gasteiger partial charge in [0.25, 0.3) is 0 Å². The fourth-order valence-corrected chi connectivity index (χ4v) is 2.10. The van der Waals surface area contributed by atoms with Crippen molar-refractivity contribution >= 4 is 11.6 Å². The number of benzene rings is 1. The van der Waals surface area contributed by atoms with Gasteiger partial charge in [-0.25, -0.2) is 0 Å². The van der Waals surface area contributed by atoms with Crippen molar-refractivity contribution in [1.29, 1.82) is 0 Å². The molecule has 3 nitrogen and oxygen atoms in total. The number of nitrogens with one attached hydrogen (secondary N) is 1. The Morgan fingerprint density at radius 3 is 3.06 bits per heavy atom. The van der Waals surface area contributed by atoms with E-state index in [2.05, 4.69) is 11.4 Å². The zero-order chi connectivity index (χ0) is 12.1. The molecule has 1 atom stereocenters. The molecule has 0 saturated carbocycles. The molecule has 1 unspecified atom stereocenters. The topological polar surface area (TPSA) is 30.5 Å². The molecular formula is C13H18ClNO2. The van der Waals surface area contributed by atoms with Crippen molar-refractivity contribution in [2.75, 3.05) is 26.8 Å². The molecule has 0 radical (unpaired) electrons. The van der Waals surface area contributed by atoms with E-state index in [0.717, 1.165) is 31.7 Å². The normalized spacial score (nSPS) is 19.5. The summed E-state index contributed by atoms with van der Waals surface area (Å²) >= 11 is 6.20. The summed E-state index contributed by atoms with van der Waals surface area (Å²) in [7, 11) is 1.94. The molecule has 0 spiro atoms. The first-order valence-corrected chi connectivity index (χ1v) is 6.35. The zero-order valence-corrected chi connectivity index (χ0v) is 10.8. The van der Waals surface area contributed by atoms with Crippen LogP contribution in [0.3, 0.4) is 0 Å². The maximum Gasteiger partial charge on any atom is 0.138 e. The van der Waals surface area contributed by atoms with Crippen molar-refractivity contribution in [2.24, 2.45) is 0 Å². The molecule has 1 saturated heterocycles. The number of hydrogen-bond donors (Lipinski definition) is 1. The second-order valence-electron chi connectivity index (χ2n) is 4.22. The molecule has 1 fully saturated rings. The molecule has 2 rings (SSSR count). The number of hydrogen-bond acceptors (Lipinski definition) is 3. The minimum Gasteiger partial charge on any atom is -0.486 e. The molecule has 1 aromatic carbocycles. The third kappa shape index (κ3) is 3.60. The Morgan fingerprint density at radius 1 is 1.53 bits per heavy atom. The monoisotopic (exact) mass is 255 g/mol. The molecule has 0 aliphatic carbocycles. The molecule has 0 bridgehead atoms. The van der Waals surface area contributed by atoms with E-state index in [9.17, 15) is 0 Å². The van der Waals surface area contributed by atoms with E-state index >= 15 is 0 Å². The largest absolute Gasteiger partial charge is 0.486 e. The van der Waals surface area contributed by atoms with Crippen LogP contribution in [0.4, 0.5) is 0 Å². The van der Waals surface area contributed by atoms with Gasteiger partial charge in [-0.05, 0) is 37.7 Å². The molecule has 0 amide bonds. The third-order valence-corrected chi connectivity index (χ3v) is 3.14. The van der Waals surface area contributed by atoms with Crippen LogP contribution in [-0.4, -0.2) is 32.9 Å². The van der Waals surface area contributed by atoms with E-state index in [-0.39, 0.29) is 6.10 Å². The van der Waals surface area contributed by atoms with Crippen molar-refractivity contribution < 1.29 is 9.47 Å². The maximum absolute atomic E-state index is 6.20. The van der Waals surface area contributed by atoms with Gasteiger partial charge in [0.2, 0.25) is 0 Å². The van der Waals surface area contributed by atoms with Crippen LogP contribution in [0.15, 0.2) is 18.2 Å². The van der Waals surface area contributed by atoms with E-state index in [1.54, 1.807) is 0 Å². The highest BCUT2D eigenvalue weighted by atomic mass is 35.5.